The van der Waals surface area contributed by atoms with Crippen LogP contribution in [0.2, 0.25) is 0 Å². The summed E-state index contributed by atoms with van der Waals surface area (Å²) in [6, 6.07) is -0.240. The second-order valence-corrected chi connectivity index (χ2v) is 3.38. The topological polar surface area (TPSA) is 58.2 Å². The number of nitrogens with one attached hydrogen (secondary N) is 2. The van der Waals surface area contributed by atoms with Crippen molar-refractivity contribution in [2.45, 2.75) is 39.3 Å². The van der Waals surface area contributed by atoms with Gasteiger partial charge >= 0.3 is 0 Å². The van der Waals surface area contributed by atoms with Crippen LogP contribution in [0.25, 0.3) is 0 Å². The van der Waals surface area contributed by atoms with Gasteiger partial charge < -0.3 is 10.6 Å². The van der Waals surface area contributed by atoms with Crippen LogP contribution in [0.5, 0.6) is 0 Å². The quantitative estimate of drug-likeness (QED) is 0.639. The maximum absolute atomic E-state index is 11.2. The number of rotatable bonds is 5. The Balaban J connectivity index is 3.94. The van der Waals surface area contributed by atoms with Gasteiger partial charge in [-0.3, -0.25) is 9.59 Å². The first kappa shape index (κ1) is 12.1. The van der Waals surface area contributed by atoms with Crippen molar-refractivity contribution in [1.82, 2.24) is 10.6 Å². The van der Waals surface area contributed by atoms with Gasteiger partial charge in [-0.05, 0) is 27.8 Å². The number of likely N-dealkylation sites (N-methyl/N-ethyl adjacent to an activating group) is 1. The van der Waals surface area contributed by atoms with E-state index in [1.807, 2.05) is 13.8 Å². The highest BCUT2D eigenvalue weighted by molar-refractivity contribution is 5.88. The van der Waals surface area contributed by atoms with E-state index in [1.165, 1.54) is 6.92 Å². The van der Waals surface area contributed by atoms with Crippen molar-refractivity contribution in [3.63, 3.8) is 0 Å². The monoisotopic (exact) mass is 186 g/mol. The van der Waals surface area contributed by atoms with E-state index in [2.05, 4.69) is 10.6 Å². The average molecular weight is 186 g/mol. The molecular formula is C9H18N2O2. The molecular weight excluding hydrogens is 168 g/mol. The number of ketones is 1. The Hall–Kier alpha value is -0.900. The smallest absolute Gasteiger partial charge is 0.222 e. The molecule has 0 aromatic carbocycles. The normalized spacial score (nSPS) is 12.7. The Morgan fingerprint density at radius 1 is 1.31 bits per heavy atom. The van der Waals surface area contributed by atoms with Gasteiger partial charge in [-0.2, -0.15) is 0 Å². The predicted molar refractivity (Wildman–Crippen MR) is 51.4 cm³/mol. The summed E-state index contributed by atoms with van der Waals surface area (Å²) in [5.74, 6) is -0.106. The molecule has 0 aliphatic heterocycles. The summed E-state index contributed by atoms with van der Waals surface area (Å²) in [5.41, 5.74) is 0. The lowest BCUT2D eigenvalue weighted by Crippen LogP contribution is -2.40. The molecule has 76 valence electrons. The van der Waals surface area contributed by atoms with Crippen LogP contribution in [-0.4, -0.2) is 30.8 Å². The van der Waals surface area contributed by atoms with E-state index in [0.717, 1.165) is 0 Å². The van der Waals surface area contributed by atoms with Gasteiger partial charge in [0, 0.05) is 12.5 Å². The maximum Gasteiger partial charge on any atom is 0.222 e. The Labute approximate surface area is 79.1 Å². The van der Waals surface area contributed by atoms with Gasteiger partial charge in [-0.15, -0.1) is 0 Å². The molecule has 0 radical (unpaired) electrons. The first-order valence-corrected chi connectivity index (χ1v) is 4.44. The zero-order valence-electron chi connectivity index (χ0n) is 8.68. The van der Waals surface area contributed by atoms with Crippen molar-refractivity contribution < 1.29 is 9.59 Å². The van der Waals surface area contributed by atoms with E-state index >= 15 is 0 Å². The summed E-state index contributed by atoms with van der Waals surface area (Å²) in [4.78, 5) is 22.2. The van der Waals surface area contributed by atoms with E-state index in [1.54, 1.807) is 7.05 Å². The summed E-state index contributed by atoms with van der Waals surface area (Å²) < 4.78 is 0. The third-order valence-corrected chi connectivity index (χ3v) is 1.68. The molecule has 0 aliphatic rings. The molecule has 0 heterocycles. The zero-order chi connectivity index (χ0) is 10.4. The van der Waals surface area contributed by atoms with Crippen LogP contribution in [-0.2, 0) is 9.59 Å². The zero-order valence-corrected chi connectivity index (χ0v) is 8.68. The highest BCUT2D eigenvalue weighted by Gasteiger charge is 2.16. The van der Waals surface area contributed by atoms with Crippen molar-refractivity contribution in [2.24, 2.45) is 0 Å². The van der Waals surface area contributed by atoms with Crippen LogP contribution in [0.15, 0.2) is 0 Å². The van der Waals surface area contributed by atoms with E-state index in [9.17, 15) is 9.59 Å². The molecule has 13 heavy (non-hydrogen) atoms. The second kappa shape index (κ2) is 5.70. The Kier molecular flexibility index (Phi) is 5.30. The van der Waals surface area contributed by atoms with E-state index in [-0.39, 0.29) is 30.2 Å². The number of Topliss-reactive ketones (excluding diaryl/α,β-unsaturated/α-hetero) is 1. The SMILES string of the molecule is CNC(CC(=O)NC(C)C)C(C)=O. The fourth-order valence-electron chi connectivity index (χ4n) is 1.02. The minimum atomic E-state index is -0.362. The van der Waals surface area contributed by atoms with Crippen LogP contribution in [0.3, 0.4) is 0 Å². The molecule has 4 heteroatoms. The summed E-state index contributed by atoms with van der Waals surface area (Å²) in [6.07, 6.45) is 0.212. The first-order chi connectivity index (χ1) is 5.97. The molecule has 0 bridgehead atoms. The van der Waals surface area contributed by atoms with E-state index in [0.29, 0.717) is 0 Å². The molecule has 0 rings (SSSR count). The van der Waals surface area contributed by atoms with Crippen LogP contribution < -0.4 is 10.6 Å². The highest BCUT2D eigenvalue weighted by atomic mass is 16.2. The molecule has 0 aromatic rings. The lowest BCUT2D eigenvalue weighted by Gasteiger charge is -2.13. The number of hydrogen-bond acceptors (Lipinski definition) is 3. The predicted octanol–water partition coefficient (Wildman–Crippen LogP) is 0.0781. The minimum absolute atomic E-state index is 0.0126. The van der Waals surface area contributed by atoms with Gasteiger partial charge in [0.25, 0.3) is 0 Å². The van der Waals surface area contributed by atoms with Gasteiger partial charge in [0.15, 0.2) is 0 Å². The summed E-state index contributed by atoms with van der Waals surface area (Å²) in [7, 11) is 1.68. The van der Waals surface area contributed by atoms with Crippen LogP contribution in [0, 0.1) is 0 Å². The maximum atomic E-state index is 11.2. The first-order valence-electron chi connectivity index (χ1n) is 4.44. The molecule has 1 atom stereocenters. The van der Waals surface area contributed by atoms with E-state index in [4.69, 9.17) is 0 Å². The number of amides is 1. The fourth-order valence-corrected chi connectivity index (χ4v) is 1.02. The molecule has 2 N–H and O–H groups in total. The summed E-state index contributed by atoms with van der Waals surface area (Å²) in [5, 5.41) is 5.53. The Bertz CT molecular complexity index is 190. The molecule has 0 aliphatic carbocycles. The second-order valence-electron chi connectivity index (χ2n) is 3.38. The molecule has 0 aromatic heterocycles. The van der Waals surface area contributed by atoms with Gasteiger partial charge in [0.1, 0.15) is 5.78 Å². The van der Waals surface area contributed by atoms with Crippen molar-refractivity contribution in [1.29, 1.82) is 0 Å². The molecule has 0 saturated carbocycles. The molecule has 1 unspecified atom stereocenters. The molecule has 0 spiro atoms. The van der Waals surface area contributed by atoms with Gasteiger partial charge in [0.05, 0.1) is 6.04 Å². The van der Waals surface area contributed by atoms with Crippen molar-refractivity contribution in [3.8, 4) is 0 Å². The van der Waals surface area contributed by atoms with Gasteiger partial charge in [-0.25, -0.2) is 0 Å². The lowest BCUT2D eigenvalue weighted by molar-refractivity contribution is -0.126. The van der Waals surface area contributed by atoms with Gasteiger partial charge in [-0.1, -0.05) is 0 Å². The number of hydrogen-bond donors (Lipinski definition) is 2. The number of carbonyl (C=O) groups excluding carboxylic acids is 2. The standard InChI is InChI=1S/C9H18N2O2/c1-6(2)11-9(13)5-8(10-4)7(3)12/h6,8,10H,5H2,1-4H3,(H,11,13). The van der Waals surface area contributed by atoms with Crippen LogP contribution in [0.4, 0.5) is 0 Å². The third-order valence-electron chi connectivity index (χ3n) is 1.68. The van der Waals surface area contributed by atoms with E-state index < -0.39 is 0 Å². The Morgan fingerprint density at radius 3 is 2.15 bits per heavy atom. The van der Waals surface area contributed by atoms with Crippen molar-refractivity contribution >= 4 is 11.7 Å². The van der Waals surface area contributed by atoms with Crippen molar-refractivity contribution in [3.05, 3.63) is 0 Å². The lowest BCUT2D eigenvalue weighted by atomic mass is 10.1. The molecule has 0 saturated heterocycles. The number of carbonyl (C=O) groups is 2. The van der Waals surface area contributed by atoms with Gasteiger partial charge in [0.2, 0.25) is 5.91 Å². The third kappa shape index (κ3) is 5.36. The van der Waals surface area contributed by atoms with Crippen LogP contribution >= 0.6 is 0 Å². The molecule has 1 amide bonds. The summed E-state index contributed by atoms with van der Waals surface area (Å²) >= 11 is 0. The fraction of sp³-hybridized carbons (Fsp3) is 0.778. The van der Waals surface area contributed by atoms with Crippen molar-refractivity contribution in [2.75, 3.05) is 7.05 Å². The minimum Gasteiger partial charge on any atom is -0.354 e. The Morgan fingerprint density at radius 2 is 1.85 bits per heavy atom. The van der Waals surface area contributed by atoms with Crippen LogP contribution in [0.1, 0.15) is 27.2 Å². The average Bonchev–Trinajstić information content (AvgIpc) is 1.98. The highest BCUT2D eigenvalue weighted by Crippen LogP contribution is 1.93. The molecule has 4 nitrogen and oxygen atoms in total. The summed E-state index contributed by atoms with van der Waals surface area (Å²) in [6.45, 7) is 5.25. The largest absolute Gasteiger partial charge is 0.354 e. The molecule has 0 fully saturated rings.